The maximum absolute atomic E-state index is 6.82. The summed E-state index contributed by atoms with van der Waals surface area (Å²) in [5.41, 5.74) is 17.0. The first-order chi connectivity index (χ1) is 33.3. The van der Waals surface area contributed by atoms with Gasteiger partial charge in [-0.15, -0.1) is 54.1 Å². The molecule has 0 saturated heterocycles. The second-order valence-electron chi connectivity index (χ2n) is 22.4. The third kappa shape index (κ3) is 10.6. The molecule has 0 saturated carbocycles. The molecule has 0 fully saturated rings. The Morgan fingerprint density at radius 2 is 1.21 bits per heavy atom. The van der Waals surface area contributed by atoms with E-state index in [9.17, 15) is 0 Å². The summed E-state index contributed by atoms with van der Waals surface area (Å²) >= 11 is 0. The van der Waals surface area contributed by atoms with Crippen LogP contribution < -0.4 is 5.19 Å². The zero-order valence-electron chi connectivity index (χ0n) is 43.6. The first-order valence-electron chi connectivity index (χ1n) is 24.8. The molecule has 5 nitrogen and oxygen atoms in total. The van der Waals surface area contributed by atoms with Gasteiger partial charge in [0.1, 0.15) is 0 Å². The number of rotatable bonds is 8. The van der Waals surface area contributed by atoms with Crippen molar-refractivity contribution >= 4 is 46.4 Å². The molecule has 0 amide bonds. The minimum Gasteiger partial charge on any atom is -0.486 e. The van der Waals surface area contributed by atoms with Crippen LogP contribution in [0.1, 0.15) is 103 Å². The summed E-state index contributed by atoms with van der Waals surface area (Å²) < 4.78 is 9.18. The van der Waals surface area contributed by atoms with Gasteiger partial charge in [-0.1, -0.05) is 160 Å². The van der Waals surface area contributed by atoms with Gasteiger partial charge in [-0.05, 0) is 115 Å². The van der Waals surface area contributed by atoms with E-state index in [2.05, 4.69) is 226 Å². The van der Waals surface area contributed by atoms with Crippen LogP contribution in [0.5, 0.6) is 0 Å². The molecule has 10 aromatic rings. The van der Waals surface area contributed by atoms with E-state index in [-0.39, 0.29) is 42.8 Å². The van der Waals surface area contributed by atoms with Gasteiger partial charge in [0.15, 0.2) is 0 Å². The monoisotopic (exact) mass is 1130 g/mol. The van der Waals surface area contributed by atoms with Crippen molar-refractivity contribution in [1.29, 1.82) is 0 Å². The smallest absolute Gasteiger partial charge is 0.216 e. The normalized spacial score (nSPS) is 12.2. The number of benzene rings is 6. The topological polar surface area (TPSA) is 56.7 Å². The summed E-state index contributed by atoms with van der Waals surface area (Å²) in [6.07, 6.45) is 2.02. The SMILES string of the molecule is CC(C)c1cc(-c2ccccc2)cc(C(C)C)c1-n1c(-c2[c-]ccc3c2oc2nc(-c4cc(C(C)(C)C)cc(C(C)(C)C)c4)ccc23)nc2ccccc21.C[Si](C)(C)c1ccc(-c2[c-]cccc2)nc1.[Ir]. The first-order valence-corrected chi connectivity index (χ1v) is 28.3. The summed E-state index contributed by atoms with van der Waals surface area (Å²) in [5, 5.41) is 3.38. The molecule has 10 rings (SSSR count). The van der Waals surface area contributed by atoms with Crippen LogP contribution in [0.25, 0.3) is 83.8 Å². The van der Waals surface area contributed by atoms with Crippen LogP contribution >= 0.6 is 0 Å². The number of hydrogen-bond donors (Lipinski definition) is 0. The van der Waals surface area contributed by atoms with E-state index in [4.69, 9.17) is 14.4 Å². The molecule has 0 spiro atoms. The summed E-state index contributed by atoms with van der Waals surface area (Å²) in [5.74, 6) is 1.34. The van der Waals surface area contributed by atoms with Gasteiger partial charge >= 0.3 is 0 Å². The average Bonchev–Trinajstić information content (AvgIpc) is 3.92. The Morgan fingerprint density at radius 3 is 1.80 bits per heavy atom. The molecule has 6 aromatic carbocycles. The molecule has 4 aromatic heterocycles. The van der Waals surface area contributed by atoms with Gasteiger partial charge in [-0.3, -0.25) is 4.98 Å². The number of fused-ring (bicyclic) bond motifs is 4. The van der Waals surface area contributed by atoms with Gasteiger partial charge in [0.25, 0.3) is 0 Å². The molecule has 4 heterocycles. The van der Waals surface area contributed by atoms with E-state index in [1.54, 1.807) is 0 Å². The van der Waals surface area contributed by atoms with Crippen LogP contribution in [0.2, 0.25) is 19.6 Å². The van der Waals surface area contributed by atoms with Crippen molar-refractivity contribution in [2.24, 2.45) is 0 Å². The Bertz CT molecular complexity index is 3420. The van der Waals surface area contributed by atoms with Crippen LogP contribution in [-0.4, -0.2) is 27.6 Å². The minimum absolute atomic E-state index is 0. The third-order valence-electron chi connectivity index (χ3n) is 13.4. The van der Waals surface area contributed by atoms with Crippen molar-refractivity contribution in [2.45, 2.75) is 112 Å². The van der Waals surface area contributed by atoms with Crippen LogP contribution in [0, 0.1) is 12.1 Å². The minimum atomic E-state index is -1.23. The number of hydrogen-bond acceptors (Lipinski definition) is 4. The van der Waals surface area contributed by atoms with E-state index < -0.39 is 8.07 Å². The quantitative estimate of drug-likeness (QED) is 0.112. The van der Waals surface area contributed by atoms with E-state index in [0.29, 0.717) is 5.71 Å². The first kappa shape index (κ1) is 51.1. The van der Waals surface area contributed by atoms with E-state index >= 15 is 0 Å². The molecule has 0 aliphatic rings. The predicted octanol–water partition coefficient (Wildman–Crippen LogP) is 17.1. The van der Waals surface area contributed by atoms with Crippen LogP contribution in [-0.2, 0) is 30.9 Å². The average molecular weight is 1130 g/mol. The fourth-order valence-electron chi connectivity index (χ4n) is 9.18. The second kappa shape index (κ2) is 20.1. The summed E-state index contributed by atoms with van der Waals surface area (Å²) in [6.45, 7) is 29.8. The van der Waals surface area contributed by atoms with Crippen molar-refractivity contribution in [3.63, 3.8) is 0 Å². The van der Waals surface area contributed by atoms with Crippen molar-refractivity contribution < 1.29 is 24.5 Å². The van der Waals surface area contributed by atoms with E-state index in [1.165, 1.54) is 44.3 Å². The third-order valence-corrected chi connectivity index (χ3v) is 15.4. The number of para-hydroxylation sites is 2. The van der Waals surface area contributed by atoms with Crippen LogP contribution in [0.15, 0.2) is 156 Å². The molecule has 0 atom stereocenters. The van der Waals surface area contributed by atoms with Gasteiger partial charge < -0.3 is 14.0 Å². The van der Waals surface area contributed by atoms with Crippen LogP contribution in [0.4, 0.5) is 0 Å². The molecule has 1 radical (unpaired) electrons. The Balaban J connectivity index is 0.000000338. The maximum Gasteiger partial charge on any atom is 0.216 e. The number of furan rings is 1. The van der Waals surface area contributed by atoms with Crippen molar-refractivity contribution in [1.82, 2.24) is 19.5 Å². The van der Waals surface area contributed by atoms with E-state index in [0.717, 1.165) is 61.3 Å². The Morgan fingerprint density at radius 1 is 0.577 bits per heavy atom. The Kier molecular flexibility index (Phi) is 14.5. The van der Waals surface area contributed by atoms with Crippen molar-refractivity contribution in [3.8, 4) is 50.7 Å². The summed E-state index contributed by atoms with van der Waals surface area (Å²) in [4.78, 5) is 15.1. The molecule has 0 aliphatic carbocycles. The number of imidazole rings is 1. The van der Waals surface area contributed by atoms with Gasteiger partial charge in [0.05, 0.1) is 36.2 Å². The van der Waals surface area contributed by atoms with Gasteiger partial charge in [0.2, 0.25) is 5.71 Å². The molecule has 0 unspecified atom stereocenters. The molecule has 363 valence electrons. The van der Waals surface area contributed by atoms with Gasteiger partial charge in [-0.2, -0.15) is 0 Å². The standard InChI is InChI=1S/C50H50N3O.C14H16NSi.Ir/c1-30(2)40-27-33(32-17-12-11-13-18-32)28-41(31(3)4)45(40)53-44-22-15-14-21-43(44)51-47(53)39-20-16-19-37-38-23-24-42(52-48(38)54-46(37)39)34-25-35(49(5,6)7)29-36(26-34)50(8,9)10;1-16(2,3)13-9-10-14(15-11-13)12-7-5-4-6-8-12;/h11-19,21-31H,1-10H3;4-7,9-11H,1-3H3;/q2*-1;. The molecular weight excluding hydrogens is 1060 g/mol. The second-order valence-corrected chi connectivity index (χ2v) is 27.5. The zero-order chi connectivity index (χ0) is 49.7. The Labute approximate surface area is 436 Å². The van der Waals surface area contributed by atoms with E-state index in [1.807, 2.05) is 36.5 Å². The molecule has 71 heavy (non-hydrogen) atoms. The fourth-order valence-corrected chi connectivity index (χ4v) is 10.2. The molecule has 0 aliphatic heterocycles. The summed E-state index contributed by atoms with van der Waals surface area (Å²) in [7, 11) is -1.23. The predicted molar refractivity (Wildman–Crippen MR) is 298 cm³/mol. The molecule has 7 heteroatoms. The largest absolute Gasteiger partial charge is 0.486 e. The van der Waals surface area contributed by atoms with Crippen molar-refractivity contribution in [3.05, 3.63) is 186 Å². The summed E-state index contributed by atoms with van der Waals surface area (Å²) in [6, 6.07) is 58.2. The zero-order valence-corrected chi connectivity index (χ0v) is 47.0. The number of pyridine rings is 2. The number of nitrogens with zero attached hydrogens (tertiary/aromatic N) is 4. The number of aromatic nitrogens is 4. The van der Waals surface area contributed by atoms with Crippen molar-refractivity contribution in [2.75, 3.05) is 0 Å². The maximum atomic E-state index is 6.82. The molecule has 0 N–H and O–H groups in total. The van der Waals surface area contributed by atoms with Crippen LogP contribution in [0.3, 0.4) is 0 Å². The Hall–Kier alpha value is -6.24. The van der Waals surface area contributed by atoms with Gasteiger partial charge in [0, 0.05) is 42.9 Å². The fraction of sp³-hybridized carbons (Fsp3) is 0.266. The molecular formula is C64H66IrN4OSi-2. The molecule has 0 bridgehead atoms. The van der Waals surface area contributed by atoms with Gasteiger partial charge in [-0.25, -0.2) is 4.98 Å².